The van der Waals surface area contributed by atoms with Crippen molar-refractivity contribution in [3.8, 4) is 45.5 Å². The normalized spacial score (nSPS) is 11.8. The van der Waals surface area contributed by atoms with Crippen LogP contribution in [0.1, 0.15) is 0 Å². The van der Waals surface area contributed by atoms with E-state index in [2.05, 4.69) is 191 Å². The average Bonchev–Trinajstić information content (AvgIpc) is 3.80. The summed E-state index contributed by atoms with van der Waals surface area (Å²) in [5.41, 5.74) is 9.42. The second-order valence-electron chi connectivity index (χ2n) is 14.8. The van der Waals surface area contributed by atoms with Crippen LogP contribution in [0.4, 0.5) is 0 Å². The molecule has 0 atom stereocenters. The number of benzene rings is 9. The molecule has 0 radical (unpaired) electrons. The van der Waals surface area contributed by atoms with Crippen LogP contribution in [-0.4, -0.2) is 24.1 Å². The van der Waals surface area contributed by atoms with Crippen molar-refractivity contribution in [2.24, 2.45) is 0 Å². The van der Waals surface area contributed by atoms with E-state index in [0.29, 0.717) is 17.5 Å². The molecule has 0 saturated carbocycles. The lowest BCUT2D eigenvalue weighted by atomic mass is 10.0. The van der Waals surface area contributed by atoms with E-state index in [0.717, 1.165) is 60.9 Å². The Bertz CT molecular complexity index is 3560. The van der Waals surface area contributed by atoms with Gasteiger partial charge in [-0.3, -0.25) is 0 Å². The Labute approximate surface area is 333 Å². The highest BCUT2D eigenvalue weighted by atomic mass is 15.1. The van der Waals surface area contributed by atoms with Crippen LogP contribution in [0.2, 0.25) is 0 Å². The molecule has 0 aliphatic rings. The zero-order valence-electron chi connectivity index (χ0n) is 31.3. The molecule has 0 unspecified atom stereocenters. The molecule has 3 heterocycles. The first kappa shape index (κ1) is 32.4. The Hall–Kier alpha value is -7.89. The standard InChI is InChI=1S/C53H33N5/c1-3-16-35(17-4-1)51-54-52(38-27-29-43-41-23-11-13-25-45(41)57(48(43)33-38)39-20-5-2-6-21-39)56-53(55-51)50-40-22-10-9-15-34(40)28-30-47(50)58-46-26-14-12-24-42(46)44-31-36-18-7-8-19-37(36)32-49(44)58/h1-33H. The Morgan fingerprint density at radius 3 is 1.59 bits per heavy atom. The number of hydrogen-bond acceptors (Lipinski definition) is 3. The van der Waals surface area contributed by atoms with Gasteiger partial charge in [0.1, 0.15) is 0 Å². The Morgan fingerprint density at radius 1 is 0.293 bits per heavy atom. The fraction of sp³-hybridized carbons (Fsp3) is 0. The van der Waals surface area contributed by atoms with Gasteiger partial charge in [-0.25, -0.2) is 15.0 Å². The third kappa shape index (κ3) is 5.00. The first-order valence-corrected chi connectivity index (χ1v) is 19.6. The van der Waals surface area contributed by atoms with Gasteiger partial charge in [0, 0.05) is 38.4 Å². The monoisotopic (exact) mass is 739 g/mol. The van der Waals surface area contributed by atoms with E-state index in [9.17, 15) is 0 Å². The van der Waals surface area contributed by atoms with Crippen LogP contribution < -0.4 is 0 Å². The van der Waals surface area contributed by atoms with Crippen LogP contribution in [0.25, 0.3) is 111 Å². The van der Waals surface area contributed by atoms with Gasteiger partial charge in [-0.2, -0.15) is 0 Å². The Balaban J connectivity index is 1.17. The summed E-state index contributed by atoms with van der Waals surface area (Å²) in [6.07, 6.45) is 0. The number of hydrogen-bond donors (Lipinski definition) is 0. The molecule has 0 aliphatic carbocycles. The molecular weight excluding hydrogens is 707 g/mol. The molecule has 0 spiro atoms. The lowest BCUT2D eigenvalue weighted by molar-refractivity contribution is 1.07. The van der Waals surface area contributed by atoms with Gasteiger partial charge in [0.25, 0.3) is 0 Å². The van der Waals surface area contributed by atoms with E-state index in [1.54, 1.807) is 0 Å². The molecule has 9 aromatic carbocycles. The first-order chi connectivity index (χ1) is 28.8. The third-order valence-corrected chi connectivity index (χ3v) is 11.5. The number of nitrogens with zero attached hydrogens (tertiary/aromatic N) is 5. The molecule has 58 heavy (non-hydrogen) atoms. The summed E-state index contributed by atoms with van der Waals surface area (Å²) in [7, 11) is 0. The molecule has 0 fully saturated rings. The van der Waals surface area contributed by atoms with Crippen molar-refractivity contribution in [3.05, 3.63) is 200 Å². The quantitative estimate of drug-likeness (QED) is 0.177. The molecule has 0 saturated heterocycles. The molecule has 0 aliphatic heterocycles. The number of fused-ring (bicyclic) bond motifs is 8. The first-order valence-electron chi connectivity index (χ1n) is 19.6. The lowest BCUT2D eigenvalue weighted by Crippen LogP contribution is -2.04. The van der Waals surface area contributed by atoms with Gasteiger partial charge in [-0.05, 0) is 70.1 Å². The van der Waals surface area contributed by atoms with Crippen molar-refractivity contribution in [2.75, 3.05) is 0 Å². The van der Waals surface area contributed by atoms with E-state index in [1.807, 2.05) is 18.2 Å². The van der Waals surface area contributed by atoms with Gasteiger partial charge in [0.05, 0.1) is 33.3 Å². The van der Waals surface area contributed by atoms with Crippen LogP contribution in [0.3, 0.4) is 0 Å². The molecule has 0 amide bonds. The lowest BCUT2D eigenvalue weighted by Gasteiger charge is -2.17. The van der Waals surface area contributed by atoms with E-state index in [-0.39, 0.29) is 0 Å². The van der Waals surface area contributed by atoms with Crippen molar-refractivity contribution < 1.29 is 0 Å². The number of rotatable bonds is 5. The van der Waals surface area contributed by atoms with Crippen LogP contribution in [-0.2, 0) is 0 Å². The second-order valence-corrected chi connectivity index (χ2v) is 14.8. The van der Waals surface area contributed by atoms with Gasteiger partial charge >= 0.3 is 0 Å². The zero-order valence-corrected chi connectivity index (χ0v) is 31.3. The number of aromatic nitrogens is 5. The van der Waals surface area contributed by atoms with Crippen LogP contribution in [0.15, 0.2) is 200 Å². The summed E-state index contributed by atoms with van der Waals surface area (Å²) < 4.78 is 4.73. The van der Waals surface area contributed by atoms with Gasteiger partial charge in [0.15, 0.2) is 17.5 Å². The van der Waals surface area contributed by atoms with E-state index in [4.69, 9.17) is 15.0 Å². The summed E-state index contributed by atoms with van der Waals surface area (Å²) in [5.74, 6) is 1.85. The molecule has 270 valence electrons. The zero-order chi connectivity index (χ0) is 38.2. The Morgan fingerprint density at radius 2 is 0.828 bits per heavy atom. The van der Waals surface area contributed by atoms with E-state index >= 15 is 0 Å². The summed E-state index contributed by atoms with van der Waals surface area (Å²) in [5, 5.41) is 9.38. The van der Waals surface area contributed by atoms with Crippen molar-refractivity contribution in [3.63, 3.8) is 0 Å². The van der Waals surface area contributed by atoms with Crippen molar-refractivity contribution >= 4 is 65.2 Å². The minimum atomic E-state index is 0.614. The molecule has 12 aromatic rings. The van der Waals surface area contributed by atoms with E-state index < -0.39 is 0 Å². The largest absolute Gasteiger partial charge is 0.309 e. The van der Waals surface area contributed by atoms with Crippen LogP contribution in [0, 0.1) is 0 Å². The summed E-state index contributed by atoms with van der Waals surface area (Å²) in [6.45, 7) is 0. The molecule has 12 rings (SSSR count). The maximum Gasteiger partial charge on any atom is 0.166 e. The molecule has 3 aromatic heterocycles. The maximum absolute atomic E-state index is 5.45. The highest BCUT2D eigenvalue weighted by Crippen LogP contribution is 2.41. The topological polar surface area (TPSA) is 48.5 Å². The van der Waals surface area contributed by atoms with Crippen LogP contribution >= 0.6 is 0 Å². The van der Waals surface area contributed by atoms with Gasteiger partial charge in [-0.1, -0.05) is 152 Å². The summed E-state index contributed by atoms with van der Waals surface area (Å²) in [4.78, 5) is 16.0. The predicted octanol–water partition coefficient (Wildman–Crippen LogP) is 13.4. The molecule has 5 nitrogen and oxygen atoms in total. The minimum absolute atomic E-state index is 0.614. The Kier molecular flexibility index (Phi) is 7.16. The minimum Gasteiger partial charge on any atom is -0.309 e. The SMILES string of the molecule is c1ccc(-c2nc(-c3ccc4c5ccccc5n(-c5ccccc5)c4c3)nc(-c3c(-n4c5ccccc5c5cc6ccccc6cc54)ccc4ccccc34)n2)cc1. The molecule has 0 N–H and O–H groups in total. The fourth-order valence-corrected chi connectivity index (χ4v) is 8.89. The van der Waals surface area contributed by atoms with Gasteiger partial charge in [0.2, 0.25) is 0 Å². The average molecular weight is 740 g/mol. The third-order valence-electron chi connectivity index (χ3n) is 11.5. The summed E-state index contributed by atoms with van der Waals surface area (Å²) >= 11 is 0. The highest BCUT2D eigenvalue weighted by Gasteiger charge is 2.22. The van der Waals surface area contributed by atoms with Crippen molar-refractivity contribution in [2.45, 2.75) is 0 Å². The smallest absolute Gasteiger partial charge is 0.166 e. The molecule has 0 bridgehead atoms. The maximum atomic E-state index is 5.45. The highest BCUT2D eigenvalue weighted by molar-refractivity contribution is 6.15. The van der Waals surface area contributed by atoms with Gasteiger partial charge < -0.3 is 9.13 Å². The van der Waals surface area contributed by atoms with Crippen molar-refractivity contribution in [1.29, 1.82) is 0 Å². The molecular formula is C53H33N5. The van der Waals surface area contributed by atoms with E-state index in [1.165, 1.54) is 32.3 Å². The molecule has 5 heteroatoms. The van der Waals surface area contributed by atoms with Crippen molar-refractivity contribution in [1.82, 2.24) is 24.1 Å². The predicted molar refractivity (Wildman–Crippen MR) is 240 cm³/mol. The fourth-order valence-electron chi connectivity index (χ4n) is 8.89. The van der Waals surface area contributed by atoms with Crippen LogP contribution in [0.5, 0.6) is 0 Å². The van der Waals surface area contributed by atoms with Gasteiger partial charge in [-0.15, -0.1) is 0 Å². The number of para-hydroxylation sites is 3. The summed E-state index contributed by atoms with van der Waals surface area (Å²) in [6, 6.07) is 70.9. The second kappa shape index (κ2) is 12.8.